The molecule has 8 heteroatoms. The van der Waals surface area contributed by atoms with Gasteiger partial charge in [-0.2, -0.15) is 0 Å². The molecule has 1 aliphatic rings. The Kier molecular flexibility index (Phi) is 5.88. The van der Waals surface area contributed by atoms with Crippen molar-refractivity contribution in [3.8, 4) is 5.75 Å². The van der Waals surface area contributed by atoms with Crippen LogP contribution in [0.1, 0.15) is 60.5 Å². The lowest BCUT2D eigenvalue weighted by Crippen LogP contribution is -2.29. The standard InChI is InChI=1S/C19H22N2O4S2/c1-5-24-18(22)16-11-20-17(26-16)15-10-13(21-27(23)19(2,3)4)12-8-6-7-9-14(12)25-15/h6-9,11,15H,5,10H2,1-4H3/t15-,27+/m0/s1. The summed E-state index contributed by atoms with van der Waals surface area (Å²) < 4.78 is 27.7. The molecule has 1 aromatic carbocycles. The maximum atomic E-state index is 12.6. The van der Waals surface area contributed by atoms with E-state index in [1.165, 1.54) is 17.5 Å². The number of hydrogen-bond donors (Lipinski definition) is 0. The fourth-order valence-corrected chi connectivity index (χ4v) is 3.97. The molecule has 1 aliphatic heterocycles. The highest BCUT2D eigenvalue weighted by molar-refractivity contribution is 7.91. The minimum absolute atomic E-state index is 0.314. The SMILES string of the molecule is CCOC(=O)c1cnc([C@@H]2CC(=N[S@+]([O-])C(C)(C)C)c3ccccc3O2)s1. The van der Waals surface area contributed by atoms with Crippen LogP contribution in [0.5, 0.6) is 5.75 Å². The van der Waals surface area contributed by atoms with Crippen molar-refractivity contribution < 1.29 is 18.8 Å². The lowest BCUT2D eigenvalue weighted by atomic mass is 10.0. The smallest absolute Gasteiger partial charge is 0.349 e. The van der Waals surface area contributed by atoms with Gasteiger partial charge in [0, 0.05) is 12.0 Å². The minimum Gasteiger partial charge on any atom is -0.591 e. The first-order chi connectivity index (χ1) is 12.8. The number of para-hydroxylation sites is 1. The lowest BCUT2D eigenvalue weighted by Gasteiger charge is -2.26. The van der Waals surface area contributed by atoms with Crippen molar-refractivity contribution in [2.75, 3.05) is 6.61 Å². The van der Waals surface area contributed by atoms with Crippen molar-refractivity contribution in [1.29, 1.82) is 0 Å². The summed E-state index contributed by atoms with van der Waals surface area (Å²) in [4.78, 5) is 16.7. The summed E-state index contributed by atoms with van der Waals surface area (Å²) >= 11 is -0.130. The molecule has 0 aliphatic carbocycles. The van der Waals surface area contributed by atoms with Gasteiger partial charge in [-0.05, 0) is 39.8 Å². The highest BCUT2D eigenvalue weighted by atomic mass is 32.2. The number of esters is 1. The van der Waals surface area contributed by atoms with Gasteiger partial charge < -0.3 is 14.0 Å². The third kappa shape index (κ3) is 4.51. The molecule has 0 saturated heterocycles. The number of nitrogens with zero attached hydrogens (tertiary/aromatic N) is 2. The molecule has 2 atom stereocenters. The first-order valence-electron chi connectivity index (χ1n) is 8.68. The monoisotopic (exact) mass is 406 g/mol. The van der Waals surface area contributed by atoms with Gasteiger partial charge in [-0.15, -0.1) is 11.3 Å². The normalized spacial score (nSPS) is 19.3. The molecule has 2 heterocycles. The van der Waals surface area contributed by atoms with Gasteiger partial charge in [-0.1, -0.05) is 16.5 Å². The molecule has 6 nitrogen and oxygen atoms in total. The van der Waals surface area contributed by atoms with Crippen LogP contribution in [0, 0.1) is 0 Å². The summed E-state index contributed by atoms with van der Waals surface area (Å²) in [6.07, 6.45) is 1.56. The molecule has 27 heavy (non-hydrogen) atoms. The van der Waals surface area contributed by atoms with Gasteiger partial charge in [-0.25, -0.2) is 9.78 Å². The molecule has 0 amide bonds. The third-order valence-corrected chi connectivity index (χ3v) is 6.34. The van der Waals surface area contributed by atoms with Crippen LogP contribution < -0.4 is 4.74 Å². The molecule has 0 saturated carbocycles. The second-order valence-electron chi connectivity index (χ2n) is 6.99. The van der Waals surface area contributed by atoms with E-state index in [0.717, 1.165) is 11.3 Å². The maximum Gasteiger partial charge on any atom is 0.349 e. The van der Waals surface area contributed by atoms with Crippen LogP contribution in [0.3, 0.4) is 0 Å². The Morgan fingerprint density at radius 3 is 2.89 bits per heavy atom. The average molecular weight is 407 g/mol. The molecule has 0 fully saturated rings. The Hall–Kier alpha value is -1.90. The lowest BCUT2D eigenvalue weighted by molar-refractivity contribution is 0.0532. The maximum absolute atomic E-state index is 12.6. The number of rotatable bonds is 4. The quantitative estimate of drug-likeness (QED) is 0.564. The van der Waals surface area contributed by atoms with E-state index >= 15 is 0 Å². The molecule has 0 N–H and O–H groups in total. The van der Waals surface area contributed by atoms with Crippen molar-refractivity contribution in [3.05, 3.63) is 45.9 Å². The first kappa shape index (κ1) is 19.9. The van der Waals surface area contributed by atoms with Crippen LogP contribution in [-0.2, 0) is 16.1 Å². The van der Waals surface area contributed by atoms with E-state index in [-0.39, 0.29) is 12.1 Å². The number of ether oxygens (including phenoxy) is 2. The molecule has 0 unspecified atom stereocenters. The number of carbonyl (C=O) groups is 1. The number of aromatic nitrogens is 1. The Morgan fingerprint density at radius 2 is 2.19 bits per heavy atom. The highest BCUT2D eigenvalue weighted by Gasteiger charge is 2.33. The summed E-state index contributed by atoms with van der Waals surface area (Å²) in [7, 11) is 0. The van der Waals surface area contributed by atoms with Gasteiger partial charge in [-0.3, -0.25) is 0 Å². The minimum atomic E-state index is -1.38. The van der Waals surface area contributed by atoms with Crippen LogP contribution in [0.2, 0.25) is 0 Å². The predicted octanol–water partition coefficient (Wildman–Crippen LogP) is 4.09. The zero-order valence-electron chi connectivity index (χ0n) is 15.7. The first-order valence-corrected chi connectivity index (χ1v) is 10.6. The van der Waals surface area contributed by atoms with E-state index < -0.39 is 16.1 Å². The van der Waals surface area contributed by atoms with Crippen molar-refractivity contribution in [3.63, 3.8) is 0 Å². The Bertz CT molecular complexity index is 857. The summed E-state index contributed by atoms with van der Waals surface area (Å²) in [6.45, 7) is 7.75. The molecular formula is C19H22N2O4S2. The molecular weight excluding hydrogens is 384 g/mol. The number of thiazole rings is 1. The number of carbonyl (C=O) groups excluding carboxylic acids is 1. The molecule has 1 aromatic heterocycles. The molecule has 0 bridgehead atoms. The zero-order chi connectivity index (χ0) is 19.6. The van der Waals surface area contributed by atoms with Crippen molar-refractivity contribution in [2.24, 2.45) is 4.40 Å². The van der Waals surface area contributed by atoms with E-state index in [1.807, 2.05) is 45.0 Å². The van der Waals surface area contributed by atoms with Crippen LogP contribution in [-0.4, -0.2) is 32.6 Å². The number of hydrogen-bond acceptors (Lipinski definition) is 7. The fraction of sp³-hybridized carbons (Fsp3) is 0.421. The zero-order valence-corrected chi connectivity index (χ0v) is 17.4. The largest absolute Gasteiger partial charge is 0.591 e. The summed E-state index contributed by atoms with van der Waals surface area (Å²) in [5.41, 5.74) is 1.57. The van der Waals surface area contributed by atoms with Gasteiger partial charge in [0.25, 0.3) is 0 Å². The van der Waals surface area contributed by atoms with Crippen molar-refractivity contribution in [1.82, 2.24) is 4.98 Å². The van der Waals surface area contributed by atoms with Crippen LogP contribution in [0.4, 0.5) is 0 Å². The predicted molar refractivity (Wildman–Crippen MR) is 107 cm³/mol. The van der Waals surface area contributed by atoms with Gasteiger partial charge in [0.2, 0.25) is 0 Å². The topological polar surface area (TPSA) is 83.8 Å². The summed E-state index contributed by atoms with van der Waals surface area (Å²) in [5.74, 6) is 0.284. The number of benzene rings is 1. The molecule has 0 radical (unpaired) electrons. The van der Waals surface area contributed by atoms with E-state index in [1.54, 1.807) is 6.92 Å². The molecule has 144 valence electrons. The molecule has 0 spiro atoms. The van der Waals surface area contributed by atoms with Crippen molar-refractivity contribution >= 4 is 34.4 Å². The fourth-order valence-electron chi connectivity index (χ4n) is 2.48. The second kappa shape index (κ2) is 8.00. The Morgan fingerprint density at radius 1 is 1.44 bits per heavy atom. The van der Waals surface area contributed by atoms with E-state index in [0.29, 0.717) is 28.7 Å². The van der Waals surface area contributed by atoms with E-state index in [2.05, 4.69) is 9.38 Å². The number of fused-ring (bicyclic) bond motifs is 1. The van der Waals surface area contributed by atoms with Crippen molar-refractivity contribution in [2.45, 2.75) is 45.0 Å². The van der Waals surface area contributed by atoms with Crippen LogP contribution >= 0.6 is 11.3 Å². The van der Waals surface area contributed by atoms with E-state index in [4.69, 9.17) is 9.47 Å². The highest BCUT2D eigenvalue weighted by Crippen LogP contribution is 2.37. The molecule has 3 rings (SSSR count). The third-order valence-electron chi connectivity index (χ3n) is 3.84. The average Bonchev–Trinajstić information content (AvgIpc) is 3.11. The summed E-state index contributed by atoms with van der Waals surface area (Å²) in [6, 6.07) is 7.55. The van der Waals surface area contributed by atoms with Gasteiger partial charge in [0.15, 0.2) is 6.10 Å². The second-order valence-corrected chi connectivity index (χ2v) is 9.96. The van der Waals surface area contributed by atoms with Gasteiger partial charge in [0.1, 0.15) is 37.5 Å². The molecule has 2 aromatic rings. The Balaban J connectivity index is 1.92. The van der Waals surface area contributed by atoms with E-state index in [9.17, 15) is 9.35 Å². The van der Waals surface area contributed by atoms with Crippen LogP contribution in [0.15, 0.2) is 34.9 Å². The summed E-state index contributed by atoms with van der Waals surface area (Å²) in [5, 5.41) is 0.668. The Labute approximate surface area is 166 Å². The van der Waals surface area contributed by atoms with Gasteiger partial charge in [0.05, 0.1) is 12.8 Å². The van der Waals surface area contributed by atoms with Gasteiger partial charge >= 0.3 is 5.97 Å². The van der Waals surface area contributed by atoms with Crippen LogP contribution in [0.25, 0.3) is 0 Å².